The summed E-state index contributed by atoms with van der Waals surface area (Å²) in [5.74, 6) is 0.998. The van der Waals surface area contributed by atoms with E-state index in [0.717, 1.165) is 68.0 Å². The maximum atomic E-state index is 13.8. The summed E-state index contributed by atoms with van der Waals surface area (Å²) >= 11 is 13.0. The third-order valence-electron chi connectivity index (χ3n) is 6.36. The van der Waals surface area contributed by atoms with Gasteiger partial charge in [-0.3, -0.25) is 4.79 Å². The second-order valence-electron chi connectivity index (χ2n) is 8.33. The minimum absolute atomic E-state index is 0.178. The lowest BCUT2D eigenvalue weighted by Gasteiger charge is -2.36. The van der Waals surface area contributed by atoms with Gasteiger partial charge in [0, 0.05) is 42.6 Å². The molecule has 0 bridgehead atoms. The van der Waals surface area contributed by atoms with Gasteiger partial charge in [0.2, 0.25) is 5.91 Å². The monoisotopic (exact) mass is 472 g/mol. The van der Waals surface area contributed by atoms with Gasteiger partial charge >= 0.3 is 0 Å². The van der Waals surface area contributed by atoms with Crippen LogP contribution < -0.4 is 0 Å². The Labute approximate surface area is 199 Å². The lowest BCUT2D eigenvalue weighted by atomic mass is 10.1. The summed E-state index contributed by atoms with van der Waals surface area (Å²) in [6, 6.07) is 13.3. The molecule has 1 aliphatic rings. The molecule has 1 fully saturated rings. The van der Waals surface area contributed by atoms with Crippen molar-refractivity contribution in [3.05, 3.63) is 63.9 Å². The topological polar surface area (TPSA) is 41.4 Å². The fraction of sp³-hybridized carbons (Fsp3) is 0.440. The number of halogens is 2. The molecular weight excluding hydrogens is 443 g/mol. The fourth-order valence-electron chi connectivity index (χ4n) is 4.56. The number of para-hydroxylation sites is 2. The highest BCUT2D eigenvalue weighted by atomic mass is 35.5. The van der Waals surface area contributed by atoms with Crippen molar-refractivity contribution >= 4 is 40.1 Å². The summed E-state index contributed by atoms with van der Waals surface area (Å²) in [6.07, 6.45) is 2.14. The van der Waals surface area contributed by atoms with Crippen LogP contribution in [0, 0.1) is 0 Å². The Morgan fingerprint density at radius 2 is 1.69 bits per heavy atom. The number of fused-ring (bicyclic) bond motifs is 1. The Morgan fingerprint density at radius 1 is 1.00 bits per heavy atom. The molecule has 1 atom stereocenters. The maximum Gasteiger partial charge on any atom is 0.245 e. The van der Waals surface area contributed by atoms with Gasteiger partial charge in [-0.25, -0.2) is 4.98 Å². The number of hydrogen-bond donors (Lipinski definition) is 0. The van der Waals surface area contributed by atoms with Crippen LogP contribution in [-0.4, -0.2) is 58.0 Å². The van der Waals surface area contributed by atoms with E-state index in [4.69, 9.17) is 28.2 Å². The summed E-state index contributed by atoms with van der Waals surface area (Å²) in [5, 5.41) is 1.23. The van der Waals surface area contributed by atoms with E-state index in [2.05, 4.69) is 23.3 Å². The predicted molar refractivity (Wildman–Crippen MR) is 132 cm³/mol. The van der Waals surface area contributed by atoms with Crippen LogP contribution >= 0.6 is 23.2 Å². The van der Waals surface area contributed by atoms with Gasteiger partial charge in [-0.1, -0.05) is 61.7 Å². The number of carbonyl (C=O) groups is 1. The van der Waals surface area contributed by atoms with Crippen LogP contribution in [0.15, 0.2) is 42.5 Å². The molecule has 0 spiro atoms. The van der Waals surface area contributed by atoms with Gasteiger partial charge in [0.1, 0.15) is 11.9 Å². The van der Waals surface area contributed by atoms with E-state index >= 15 is 0 Å². The number of amides is 1. The van der Waals surface area contributed by atoms with Crippen LogP contribution in [0.25, 0.3) is 11.0 Å². The molecule has 32 heavy (non-hydrogen) atoms. The van der Waals surface area contributed by atoms with Gasteiger partial charge in [0.25, 0.3) is 0 Å². The molecule has 0 N–H and O–H groups in total. The summed E-state index contributed by atoms with van der Waals surface area (Å²) in [7, 11) is 0. The highest BCUT2D eigenvalue weighted by molar-refractivity contribution is 6.36. The molecule has 1 saturated heterocycles. The molecule has 3 aromatic rings. The third-order valence-corrected chi connectivity index (χ3v) is 7.06. The van der Waals surface area contributed by atoms with E-state index < -0.39 is 0 Å². The minimum Gasteiger partial charge on any atom is -0.338 e. The summed E-state index contributed by atoms with van der Waals surface area (Å²) in [5.41, 5.74) is 2.70. The van der Waals surface area contributed by atoms with Crippen molar-refractivity contribution in [3.63, 3.8) is 0 Å². The Morgan fingerprint density at radius 3 is 2.34 bits per heavy atom. The van der Waals surface area contributed by atoms with Crippen molar-refractivity contribution < 1.29 is 4.79 Å². The zero-order valence-electron chi connectivity index (χ0n) is 18.7. The van der Waals surface area contributed by atoms with Crippen molar-refractivity contribution in [2.24, 2.45) is 0 Å². The summed E-state index contributed by atoms with van der Waals surface area (Å²) in [6.45, 7) is 8.70. The van der Waals surface area contributed by atoms with E-state index in [1.165, 1.54) is 0 Å². The Hall–Kier alpha value is -2.08. The highest BCUT2D eigenvalue weighted by Gasteiger charge is 2.31. The smallest absolute Gasteiger partial charge is 0.245 e. The summed E-state index contributed by atoms with van der Waals surface area (Å²) < 4.78 is 2.13. The van der Waals surface area contributed by atoms with Crippen molar-refractivity contribution in [3.8, 4) is 0 Å². The van der Waals surface area contributed by atoms with Crippen molar-refractivity contribution in [1.29, 1.82) is 0 Å². The Bertz CT molecular complexity index is 1070. The van der Waals surface area contributed by atoms with Crippen LogP contribution in [0.2, 0.25) is 10.0 Å². The zero-order chi connectivity index (χ0) is 22.7. The first kappa shape index (κ1) is 23.1. The first-order valence-electron chi connectivity index (χ1n) is 11.4. The number of piperazine rings is 1. The van der Waals surface area contributed by atoms with E-state index in [1.807, 2.05) is 47.4 Å². The van der Waals surface area contributed by atoms with Gasteiger partial charge in [-0.05, 0) is 42.8 Å². The number of imidazole rings is 1. The lowest BCUT2D eigenvalue weighted by Crippen LogP contribution is -2.50. The van der Waals surface area contributed by atoms with Crippen LogP contribution in [0.4, 0.5) is 0 Å². The number of nitrogens with zero attached hydrogens (tertiary/aromatic N) is 4. The number of hydrogen-bond acceptors (Lipinski definition) is 3. The average molecular weight is 473 g/mol. The number of carbonyl (C=O) groups excluding carboxylic acids is 1. The van der Waals surface area contributed by atoms with Crippen molar-refractivity contribution in [2.45, 2.75) is 39.2 Å². The molecule has 1 aromatic heterocycles. The third kappa shape index (κ3) is 4.66. The molecule has 5 nitrogen and oxygen atoms in total. The van der Waals surface area contributed by atoms with Gasteiger partial charge in [0.15, 0.2) is 0 Å². The normalized spacial score (nSPS) is 15.9. The minimum atomic E-state index is -0.295. The molecule has 2 heterocycles. The lowest BCUT2D eigenvalue weighted by molar-refractivity contribution is -0.136. The number of likely N-dealkylation sites (N-methyl/N-ethyl adjacent to an activating group) is 1. The van der Waals surface area contributed by atoms with Gasteiger partial charge in [-0.2, -0.15) is 0 Å². The fourth-order valence-corrected chi connectivity index (χ4v) is 5.09. The van der Waals surface area contributed by atoms with Crippen LogP contribution in [-0.2, 0) is 11.2 Å². The molecule has 1 unspecified atom stereocenters. The standard InChI is InChI=1S/C25H30Cl2N4O/c1-3-8-23(25(32)30-15-13-29(4-2)14-16-30)31-22-12-6-5-11-21(22)28-24(31)17-18-19(26)9-7-10-20(18)27/h5-7,9-12,23H,3-4,8,13-17H2,1-2H3. The predicted octanol–water partition coefficient (Wildman–Crippen LogP) is 5.44. The summed E-state index contributed by atoms with van der Waals surface area (Å²) in [4.78, 5) is 23.1. The Kier molecular flexibility index (Phi) is 7.39. The van der Waals surface area contributed by atoms with Gasteiger partial charge in [0.05, 0.1) is 11.0 Å². The molecule has 1 aliphatic heterocycles. The molecule has 170 valence electrons. The van der Waals surface area contributed by atoms with E-state index in [9.17, 15) is 4.79 Å². The second kappa shape index (κ2) is 10.2. The zero-order valence-corrected chi connectivity index (χ0v) is 20.2. The first-order valence-corrected chi connectivity index (χ1v) is 12.2. The molecule has 2 aromatic carbocycles. The molecule has 0 aliphatic carbocycles. The van der Waals surface area contributed by atoms with E-state index in [1.54, 1.807) is 0 Å². The molecular formula is C25H30Cl2N4O. The van der Waals surface area contributed by atoms with Gasteiger partial charge < -0.3 is 14.4 Å². The molecule has 0 saturated carbocycles. The van der Waals surface area contributed by atoms with Crippen LogP contribution in [0.1, 0.15) is 44.1 Å². The quantitative estimate of drug-likeness (QED) is 0.459. The maximum absolute atomic E-state index is 13.8. The molecule has 7 heteroatoms. The largest absolute Gasteiger partial charge is 0.338 e. The van der Waals surface area contributed by atoms with Crippen LogP contribution in [0.5, 0.6) is 0 Å². The molecule has 4 rings (SSSR count). The average Bonchev–Trinajstić information content (AvgIpc) is 3.17. The number of rotatable bonds is 7. The number of benzene rings is 2. The molecule has 1 amide bonds. The van der Waals surface area contributed by atoms with Crippen molar-refractivity contribution in [2.75, 3.05) is 32.7 Å². The Balaban J connectivity index is 1.74. The second-order valence-corrected chi connectivity index (χ2v) is 9.14. The first-order chi connectivity index (χ1) is 15.5. The van der Waals surface area contributed by atoms with Gasteiger partial charge in [-0.15, -0.1) is 0 Å². The van der Waals surface area contributed by atoms with E-state index in [0.29, 0.717) is 16.5 Å². The SMILES string of the molecule is CCCC(C(=O)N1CCN(CC)CC1)n1c(Cc2c(Cl)cccc2Cl)nc2ccccc21. The highest BCUT2D eigenvalue weighted by Crippen LogP contribution is 2.31. The van der Waals surface area contributed by atoms with E-state index in [-0.39, 0.29) is 11.9 Å². The van der Waals surface area contributed by atoms with Crippen LogP contribution in [0.3, 0.4) is 0 Å². The number of aromatic nitrogens is 2. The molecule has 0 radical (unpaired) electrons. The van der Waals surface area contributed by atoms with Crippen molar-refractivity contribution in [1.82, 2.24) is 19.4 Å².